The first-order chi connectivity index (χ1) is 19.4. The van der Waals surface area contributed by atoms with Crippen LogP contribution in [0.25, 0.3) is 22.4 Å². The summed E-state index contributed by atoms with van der Waals surface area (Å²) in [6.07, 6.45) is 1.36. The van der Waals surface area contributed by atoms with E-state index in [1.54, 1.807) is 0 Å². The maximum Gasteiger partial charge on any atom is 0.305 e. The molecule has 0 bridgehead atoms. The maximum atomic E-state index is 14.0. The third-order valence-corrected chi connectivity index (χ3v) is 7.21. The number of esters is 1. The Labute approximate surface area is 236 Å². The van der Waals surface area contributed by atoms with E-state index < -0.39 is 6.10 Å². The smallest absolute Gasteiger partial charge is 0.305 e. The van der Waals surface area contributed by atoms with Crippen LogP contribution in [0.5, 0.6) is 0 Å². The minimum absolute atomic E-state index is 0.195. The van der Waals surface area contributed by atoms with Gasteiger partial charge in [0.2, 0.25) is 0 Å². The average molecular weight is 543 g/mol. The number of hydrogen-bond acceptors (Lipinski definition) is 4. The van der Waals surface area contributed by atoms with Gasteiger partial charge in [-0.3, -0.25) is 4.79 Å². The van der Waals surface area contributed by atoms with E-state index in [-0.39, 0.29) is 17.7 Å². The fourth-order valence-electron chi connectivity index (χ4n) is 5.34. The highest BCUT2D eigenvalue weighted by molar-refractivity contribution is 5.86. The number of nitrogens with one attached hydrogen (secondary N) is 1. The molecule has 6 heteroatoms. The second-order valence-corrected chi connectivity index (χ2v) is 10.4. The van der Waals surface area contributed by atoms with Crippen molar-refractivity contribution >= 4 is 11.7 Å². The number of halogens is 1. The van der Waals surface area contributed by atoms with Crippen LogP contribution in [-0.4, -0.2) is 28.9 Å². The van der Waals surface area contributed by atoms with Crippen molar-refractivity contribution in [1.82, 2.24) is 4.57 Å². The summed E-state index contributed by atoms with van der Waals surface area (Å²) in [6.45, 7) is 5.58. The lowest BCUT2D eigenvalue weighted by molar-refractivity contribution is -0.140. The summed E-state index contributed by atoms with van der Waals surface area (Å²) in [5, 5.41) is 14.5. The number of nitrogens with zero attached hydrogens (tertiary/aromatic N) is 1. The lowest BCUT2D eigenvalue weighted by atomic mass is 9.95. The van der Waals surface area contributed by atoms with E-state index >= 15 is 0 Å². The average Bonchev–Trinajstić information content (AvgIpc) is 3.30. The second kappa shape index (κ2) is 13.9. The molecule has 4 rings (SSSR count). The zero-order valence-electron chi connectivity index (χ0n) is 23.6. The van der Waals surface area contributed by atoms with Gasteiger partial charge in [0.25, 0.3) is 0 Å². The number of ether oxygens (including phenoxy) is 1. The third-order valence-electron chi connectivity index (χ3n) is 7.21. The Kier molecular flexibility index (Phi) is 10.1. The highest BCUT2D eigenvalue weighted by Gasteiger charge is 2.26. The standard InChI is InChI=1S/C34H39FN2O3/c1-24(2)33-30(23-36-28-13-8-5-9-14-28)32(25-11-6-4-7-12-25)34(26-17-19-27(35)20-18-26)37(33)22-21-29(38)15-10-16-31(39)40-3/h4-9,11-14,17-20,24,29,36,38H,10,15-16,21-23H2,1-3H3. The summed E-state index contributed by atoms with van der Waals surface area (Å²) in [5.74, 6) is -0.346. The normalized spacial score (nSPS) is 11.9. The lowest BCUT2D eigenvalue weighted by Crippen LogP contribution is -2.15. The Hall–Kier alpha value is -3.90. The molecule has 1 heterocycles. The van der Waals surface area contributed by atoms with Gasteiger partial charge in [0.1, 0.15) is 5.82 Å². The summed E-state index contributed by atoms with van der Waals surface area (Å²) < 4.78 is 21.1. The van der Waals surface area contributed by atoms with Crippen LogP contribution in [0.1, 0.15) is 56.7 Å². The van der Waals surface area contributed by atoms with Gasteiger partial charge in [-0.2, -0.15) is 0 Å². The summed E-state index contributed by atoms with van der Waals surface area (Å²) in [5.41, 5.74) is 7.54. The topological polar surface area (TPSA) is 63.5 Å². The Morgan fingerprint density at radius 3 is 2.20 bits per heavy atom. The van der Waals surface area contributed by atoms with Crippen molar-refractivity contribution in [2.45, 2.75) is 64.6 Å². The highest BCUT2D eigenvalue weighted by Crippen LogP contribution is 2.42. The van der Waals surface area contributed by atoms with Crippen LogP contribution >= 0.6 is 0 Å². The van der Waals surface area contributed by atoms with E-state index in [1.165, 1.54) is 30.5 Å². The van der Waals surface area contributed by atoms with Crippen molar-refractivity contribution in [3.63, 3.8) is 0 Å². The first kappa shape index (κ1) is 29.1. The molecule has 5 nitrogen and oxygen atoms in total. The van der Waals surface area contributed by atoms with Gasteiger partial charge >= 0.3 is 5.97 Å². The van der Waals surface area contributed by atoms with E-state index in [2.05, 4.69) is 48.0 Å². The van der Waals surface area contributed by atoms with E-state index in [4.69, 9.17) is 4.74 Å². The largest absolute Gasteiger partial charge is 0.469 e. The Balaban J connectivity index is 1.80. The Morgan fingerprint density at radius 1 is 0.925 bits per heavy atom. The molecule has 4 aromatic rings. The van der Waals surface area contributed by atoms with Gasteiger partial charge in [-0.25, -0.2) is 4.39 Å². The van der Waals surface area contributed by atoms with Crippen LogP contribution in [0.2, 0.25) is 0 Å². The first-order valence-electron chi connectivity index (χ1n) is 14.0. The molecule has 2 N–H and O–H groups in total. The van der Waals surface area contributed by atoms with Crippen LogP contribution in [0, 0.1) is 5.82 Å². The lowest BCUT2D eigenvalue weighted by Gasteiger charge is -2.19. The molecular formula is C34H39FN2O3. The number of aromatic nitrogens is 1. The quantitative estimate of drug-likeness (QED) is 0.169. The molecule has 210 valence electrons. The van der Waals surface area contributed by atoms with E-state index in [1.807, 2.05) is 48.5 Å². The summed E-state index contributed by atoms with van der Waals surface area (Å²) >= 11 is 0. The van der Waals surface area contributed by atoms with Gasteiger partial charge in [0, 0.05) is 42.0 Å². The van der Waals surface area contributed by atoms with Gasteiger partial charge in [-0.15, -0.1) is 0 Å². The van der Waals surface area contributed by atoms with Crippen molar-refractivity contribution in [3.8, 4) is 22.4 Å². The molecule has 1 atom stereocenters. The van der Waals surface area contributed by atoms with Crippen LogP contribution < -0.4 is 5.32 Å². The number of hydrogen-bond donors (Lipinski definition) is 2. The predicted molar refractivity (Wildman–Crippen MR) is 160 cm³/mol. The zero-order valence-corrected chi connectivity index (χ0v) is 23.6. The molecule has 1 unspecified atom stereocenters. The highest BCUT2D eigenvalue weighted by atomic mass is 19.1. The number of rotatable bonds is 13. The van der Waals surface area contributed by atoms with Crippen LogP contribution in [0.15, 0.2) is 84.9 Å². The summed E-state index contributed by atoms with van der Waals surface area (Å²) in [6, 6.07) is 27.1. The van der Waals surface area contributed by atoms with Crippen molar-refractivity contribution in [2.75, 3.05) is 12.4 Å². The van der Waals surface area contributed by atoms with Gasteiger partial charge in [-0.1, -0.05) is 62.4 Å². The monoisotopic (exact) mass is 542 g/mol. The molecule has 0 spiro atoms. The molecule has 0 amide bonds. The molecular weight excluding hydrogens is 503 g/mol. The molecule has 0 aliphatic carbocycles. The van der Waals surface area contributed by atoms with Gasteiger partial charge in [0.15, 0.2) is 0 Å². The molecule has 0 saturated carbocycles. The van der Waals surface area contributed by atoms with Gasteiger partial charge < -0.3 is 19.7 Å². The minimum Gasteiger partial charge on any atom is -0.469 e. The van der Waals surface area contributed by atoms with E-state index in [0.717, 1.165) is 28.1 Å². The van der Waals surface area contributed by atoms with Gasteiger partial charge in [0.05, 0.1) is 18.9 Å². The predicted octanol–water partition coefficient (Wildman–Crippen LogP) is 7.79. The summed E-state index contributed by atoms with van der Waals surface area (Å²) in [4.78, 5) is 11.5. The van der Waals surface area contributed by atoms with Crippen LogP contribution in [-0.2, 0) is 22.6 Å². The second-order valence-electron chi connectivity index (χ2n) is 10.4. The molecule has 3 aromatic carbocycles. The fourth-order valence-corrected chi connectivity index (χ4v) is 5.34. The van der Waals surface area contributed by atoms with Crippen molar-refractivity contribution in [1.29, 1.82) is 0 Å². The van der Waals surface area contributed by atoms with Crippen LogP contribution in [0.4, 0.5) is 10.1 Å². The number of para-hydroxylation sites is 1. The number of anilines is 1. The van der Waals surface area contributed by atoms with Crippen molar-refractivity contribution in [2.24, 2.45) is 0 Å². The zero-order chi connectivity index (χ0) is 28.5. The molecule has 0 saturated heterocycles. The number of benzene rings is 3. The molecule has 0 aliphatic rings. The fraction of sp³-hybridized carbons (Fsp3) is 0.324. The van der Waals surface area contributed by atoms with E-state index in [0.29, 0.717) is 38.8 Å². The van der Waals surface area contributed by atoms with Crippen molar-refractivity contribution < 1.29 is 19.0 Å². The van der Waals surface area contributed by atoms with Crippen molar-refractivity contribution in [3.05, 3.63) is 102 Å². The SMILES string of the molecule is COC(=O)CCCC(O)CCn1c(-c2ccc(F)cc2)c(-c2ccccc2)c(CNc2ccccc2)c1C(C)C. The summed E-state index contributed by atoms with van der Waals surface area (Å²) in [7, 11) is 1.38. The number of aliphatic hydroxyl groups is 1. The molecule has 0 fully saturated rings. The number of carbonyl (C=O) groups excluding carboxylic acids is 1. The molecule has 40 heavy (non-hydrogen) atoms. The number of aliphatic hydroxyl groups excluding tert-OH is 1. The van der Waals surface area contributed by atoms with Crippen LogP contribution in [0.3, 0.4) is 0 Å². The minimum atomic E-state index is -0.556. The third kappa shape index (κ3) is 7.19. The Morgan fingerprint density at radius 2 is 1.57 bits per heavy atom. The first-order valence-corrected chi connectivity index (χ1v) is 14.0. The number of carbonyl (C=O) groups is 1. The van der Waals surface area contributed by atoms with Gasteiger partial charge in [-0.05, 0) is 72.7 Å². The molecule has 1 aromatic heterocycles. The molecule has 0 radical (unpaired) electrons. The van der Waals surface area contributed by atoms with E-state index in [9.17, 15) is 14.3 Å². The molecule has 0 aliphatic heterocycles. The number of methoxy groups -OCH3 is 1. The Bertz CT molecular complexity index is 1370. The maximum absolute atomic E-state index is 14.0.